The zero-order valence-corrected chi connectivity index (χ0v) is 30.7. The lowest BCUT2D eigenvalue weighted by molar-refractivity contribution is -0.134. The number of aliphatic hydroxyl groups is 1. The van der Waals surface area contributed by atoms with Crippen LogP contribution in [0.4, 0.5) is 17.1 Å². The molecule has 0 bridgehead atoms. The van der Waals surface area contributed by atoms with Gasteiger partial charge in [-0.3, -0.25) is 19.3 Å². The van der Waals surface area contributed by atoms with Gasteiger partial charge in [0.1, 0.15) is 11.9 Å². The maximum Gasteiger partial charge on any atom is 0.255 e. The molecule has 53 heavy (non-hydrogen) atoms. The number of hydrogen-bond donors (Lipinski definition) is 4. The second-order valence-electron chi connectivity index (χ2n) is 14.2. The van der Waals surface area contributed by atoms with Gasteiger partial charge in [0, 0.05) is 66.5 Å². The number of nitrogens with one attached hydrogen (secondary N) is 2. The van der Waals surface area contributed by atoms with Gasteiger partial charge in [-0.05, 0) is 73.6 Å². The number of fused-ring (bicyclic) bond motifs is 2. The van der Waals surface area contributed by atoms with Gasteiger partial charge in [0.05, 0.1) is 36.9 Å². The van der Waals surface area contributed by atoms with E-state index in [1.54, 1.807) is 29.2 Å². The van der Waals surface area contributed by atoms with Gasteiger partial charge in [-0.1, -0.05) is 49.4 Å². The number of carbonyl (C=O) groups is 3. The molecular weight excluding hydrogens is 668 g/mol. The number of hydrogen-bond acceptors (Lipinski definition) is 7. The summed E-state index contributed by atoms with van der Waals surface area (Å²) in [4.78, 5) is 43.7. The van der Waals surface area contributed by atoms with E-state index in [1.165, 1.54) is 0 Å². The van der Waals surface area contributed by atoms with Crippen LogP contribution < -0.4 is 21.1 Å². The number of amides is 3. The molecule has 1 aromatic heterocycles. The van der Waals surface area contributed by atoms with Crippen molar-refractivity contribution in [2.75, 3.05) is 43.1 Å². The number of aryl methyl sites for hydroxylation is 1. The second-order valence-corrected chi connectivity index (χ2v) is 14.2. The number of para-hydroxylation sites is 3. The Morgan fingerprint density at radius 1 is 1.02 bits per heavy atom. The molecule has 3 amide bonds. The Labute approximate surface area is 310 Å². The predicted octanol–water partition coefficient (Wildman–Crippen LogP) is 5.48. The predicted molar refractivity (Wildman–Crippen MR) is 209 cm³/mol. The quantitative estimate of drug-likeness (QED) is 0.133. The van der Waals surface area contributed by atoms with Crippen LogP contribution in [0.2, 0.25) is 0 Å². The van der Waals surface area contributed by atoms with Gasteiger partial charge >= 0.3 is 0 Å². The summed E-state index contributed by atoms with van der Waals surface area (Å²) in [5.74, 6) is 0.00454. The lowest BCUT2D eigenvalue weighted by Crippen LogP contribution is -2.47. The molecule has 5 aromatic rings. The molecule has 0 radical (unpaired) electrons. The van der Waals surface area contributed by atoms with E-state index in [2.05, 4.69) is 22.5 Å². The van der Waals surface area contributed by atoms with E-state index in [0.29, 0.717) is 53.6 Å². The Balaban J connectivity index is 1.16. The summed E-state index contributed by atoms with van der Waals surface area (Å²) in [5, 5.41) is 17.0. The average Bonchev–Trinajstić information content (AvgIpc) is 3.47. The largest absolute Gasteiger partial charge is 0.488 e. The van der Waals surface area contributed by atoms with Crippen LogP contribution in [0.15, 0.2) is 97.2 Å². The molecular formula is C42H48N6O5. The summed E-state index contributed by atoms with van der Waals surface area (Å²) in [7, 11) is 3.98. The third-order valence-corrected chi connectivity index (χ3v) is 9.90. The standard InChI is InChI=1S/C42H48N6O5/c1-27-22-48(28(2)26-49)41(51)21-31-19-33(44-40(50)20-32-24-47(4)37-12-8-5-9-34(32)37)17-18-38(31)53-39(27)25-46(3)23-29-13-15-30(16-14-29)42(52)45-36-11-7-6-10-35(36)43/h5-19,24,27-28,39,49H,20-23,25-26,43H2,1-4H3,(H,44,50)(H,45,52)/t27-,28+,39-/m0/s1. The maximum atomic E-state index is 13.7. The van der Waals surface area contributed by atoms with E-state index in [9.17, 15) is 19.5 Å². The SMILES string of the molecule is C[C@H](CO)N1C[C@H](C)[C@H](CN(C)Cc2ccc(C(=O)Nc3ccccc3N)cc2)Oc2ccc(NC(=O)Cc3cn(C)c4ccccc34)cc2CC1=O. The number of likely N-dealkylation sites (N-methyl/N-ethyl adjacent to an activating group) is 1. The summed E-state index contributed by atoms with van der Waals surface area (Å²) < 4.78 is 8.73. The molecule has 5 N–H and O–H groups in total. The van der Waals surface area contributed by atoms with E-state index >= 15 is 0 Å². The minimum absolute atomic E-state index is 0.0682. The van der Waals surface area contributed by atoms with E-state index in [1.807, 2.05) is 98.5 Å². The average molecular weight is 717 g/mol. The number of anilines is 3. The van der Waals surface area contributed by atoms with Gasteiger partial charge in [0.25, 0.3) is 5.91 Å². The van der Waals surface area contributed by atoms with Crippen LogP contribution in [0.25, 0.3) is 10.9 Å². The van der Waals surface area contributed by atoms with Crippen LogP contribution in [-0.4, -0.2) is 76.1 Å². The fraction of sp³-hybridized carbons (Fsp3) is 0.310. The molecule has 2 heterocycles. The number of nitrogens with zero attached hydrogens (tertiary/aromatic N) is 3. The van der Waals surface area contributed by atoms with Crippen molar-refractivity contribution in [3.05, 3.63) is 119 Å². The highest BCUT2D eigenvalue weighted by Gasteiger charge is 2.31. The fourth-order valence-electron chi connectivity index (χ4n) is 6.92. The number of aliphatic hydroxyl groups excluding tert-OH is 1. The van der Waals surface area contributed by atoms with Crippen molar-refractivity contribution in [3.63, 3.8) is 0 Å². The van der Waals surface area contributed by atoms with Crippen molar-refractivity contribution < 1.29 is 24.2 Å². The third-order valence-electron chi connectivity index (χ3n) is 9.90. The molecule has 0 aliphatic carbocycles. The minimum Gasteiger partial charge on any atom is -0.488 e. The molecule has 3 atom stereocenters. The summed E-state index contributed by atoms with van der Waals surface area (Å²) >= 11 is 0. The van der Waals surface area contributed by atoms with Crippen LogP contribution in [-0.2, 0) is 36.0 Å². The number of carbonyl (C=O) groups excluding carboxylic acids is 3. The molecule has 1 aliphatic rings. The van der Waals surface area contributed by atoms with Crippen LogP contribution in [0.5, 0.6) is 5.75 Å². The Morgan fingerprint density at radius 3 is 2.51 bits per heavy atom. The minimum atomic E-state index is -0.373. The normalized spacial score (nSPS) is 16.6. The number of aromatic nitrogens is 1. The second kappa shape index (κ2) is 16.4. The molecule has 0 saturated carbocycles. The van der Waals surface area contributed by atoms with Gasteiger partial charge in [-0.2, -0.15) is 0 Å². The first-order chi connectivity index (χ1) is 25.5. The lowest BCUT2D eigenvalue weighted by atomic mass is 10.0. The van der Waals surface area contributed by atoms with Crippen molar-refractivity contribution in [1.82, 2.24) is 14.4 Å². The lowest BCUT2D eigenvalue weighted by Gasteiger charge is -2.34. The monoisotopic (exact) mass is 716 g/mol. The Kier molecular flexibility index (Phi) is 11.5. The number of benzene rings is 4. The van der Waals surface area contributed by atoms with Crippen LogP contribution >= 0.6 is 0 Å². The van der Waals surface area contributed by atoms with E-state index in [0.717, 1.165) is 22.0 Å². The summed E-state index contributed by atoms with van der Waals surface area (Å²) in [6.45, 7) is 5.31. The number of ether oxygens (including phenoxy) is 1. The highest BCUT2D eigenvalue weighted by molar-refractivity contribution is 6.05. The van der Waals surface area contributed by atoms with Crippen LogP contribution in [0.1, 0.15) is 40.9 Å². The zero-order valence-electron chi connectivity index (χ0n) is 30.7. The molecule has 0 fully saturated rings. The third kappa shape index (κ3) is 8.88. The van der Waals surface area contributed by atoms with Gasteiger partial charge in [0.15, 0.2) is 0 Å². The van der Waals surface area contributed by atoms with Crippen molar-refractivity contribution in [2.24, 2.45) is 13.0 Å². The summed E-state index contributed by atoms with van der Waals surface area (Å²) in [6, 6.07) is 27.7. The van der Waals surface area contributed by atoms with Gasteiger partial charge < -0.3 is 35.7 Å². The fourth-order valence-corrected chi connectivity index (χ4v) is 6.92. The molecule has 4 aromatic carbocycles. The van der Waals surface area contributed by atoms with Gasteiger partial charge in [-0.25, -0.2) is 0 Å². The Morgan fingerprint density at radius 2 is 1.75 bits per heavy atom. The Hall–Kier alpha value is -5.65. The number of nitrogens with two attached hydrogens (primary N) is 1. The van der Waals surface area contributed by atoms with Crippen LogP contribution in [0, 0.1) is 5.92 Å². The topological polar surface area (TPSA) is 142 Å². The molecule has 11 nitrogen and oxygen atoms in total. The molecule has 276 valence electrons. The first-order valence-electron chi connectivity index (χ1n) is 17.9. The highest BCUT2D eigenvalue weighted by atomic mass is 16.5. The van der Waals surface area contributed by atoms with Crippen LogP contribution in [0.3, 0.4) is 0 Å². The van der Waals surface area contributed by atoms with Crippen molar-refractivity contribution >= 4 is 45.7 Å². The van der Waals surface area contributed by atoms with Gasteiger partial charge in [-0.15, -0.1) is 0 Å². The van der Waals surface area contributed by atoms with Gasteiger partial charge in [0.2, 0.25) is 11.8 Å². The zero-order chi connectivity index (χ0) is 37.6. The molecule has 0 saturated heterocycles. The van der Waals surface area contributed by atoms with E-state index in [-0.39, 0.29) is 55.2 Å². The number of nitrogen functional groups attached to an aromatic ring is 1. The summed E-state index contributed by atoms with van der Waals surface area (Å²) in [6.07, 6.45) is 1.96. The first-order valence-corrected chi connectivity index (χ1v) is 17.9. The van der Waals surface area contributed by atoms with E-state index in [4.69, 9.17) is 10.5 Å². The summed E-state index contributed by atoms with van der Waals surface area (Å²) in [5.41, 5.74) is 11.9. The molecule has 1 aliphatic heterocycles. The van der Waals surface area contributed by atoms with E-state index < -0.39 is 0 Å². The molecule has 0 spiro atoms. The maximum absolute atomic E-state index is 13.7. The van der Waals surface area contributed by atoms with Crippen molar-refractivity contribution in [2.45, 2.75) is 45.4 Å². The van der Waals surface area contributed by atoms with Crippen molar-refractivity contribution in [1.29, 1.82) is 0 Å². The smallest absolute Gasteiger partial charge is 0.255 e. The highest BCUT2D eigenvalue weighted by Crippen LogP contribution is 2.30. The molecule has 0 unspecified atom stereocenters. The van der Waals surface area contributed by atoms with Crippen molar-refractivity contribution in [3.8, 4) is 5.75 Å². The molecule has 6 rings (SSSR count). The number of rotatable bonds is 11. The molecule has 11 heteroatoms. The Bertz CT molecular complexity index is 2090. The first kappa shape index (κ1) is 37.1.